The van der Waals surface area contributed by atoms with Crippen molar-refractivity contribution in [3.63, 3.8) is 0 Å². The molecule has 0 bridgehead atoms. The lowest BCUT2D eigenvalue weighted by atomic mass is 9.73. The van der Waals surface area contributed by atoms with E-state index in [1.54, 1.807) is 4.90 Å². The fourth-order valence-corrected chi connectivity index (χ4v) is 5.59. The molecule has 5 rings (SSSR count). The van der Waals surface area contributed by atoms with Gasteiger partial charge in [0, 0.05) is 41.0 Å². The van der Waals surface area contributed by atoms with E-state index < -0.39 is 5.60 Å². The molecule has 0 N–H and O–H groups in total. The number of nitrogens with zero attached hydrogens (tertiary/aromatic N) is 3. The number of ether oxygens (including phenoxy) is 2. The third kappa shape index (κ3) is 5.99. The van der Waals surface area contributed by atoms with Crippen molar-refractivity contribution in [2.45, 2.75) is 77.0 Å². The number of rotatable bonds is 7. The normalized spacial score (nSPS) is 18.5. The predicted molar refractivity (Wildman–Crippen MR) is 147 cm³/mol. The predicted octanol–water partition coefficient (Wildman–Crippen LogP) is 7.29. The maximum absolute atomic E-state index is 13.8. The molecule has 1 amide bonds. The molecule has 1 atom stereocenters. The Balaban J connectivity index is 1.37. The first kappa shape index (κ1) is 26.9. The molecule has 38 heavy (non-hydrogen) atoms. The number of amides is 1. The molecule has 0 spiro atoms. The Kier molecular flexibility index (Phi) is 7.44. The van der Waals surface area contributed by atoms with Crippen molar-refractivity contribution in [2.24, 2.45) is 5.92 Å². The van der Waals surface area contributed by atoms with Crippen molar-refractivity contribution in [3.05, 3.63) is 64.6 Å². The minimum absolute atomic E-state index is 0.230. The van der Waals surface area contributed by atoms with Gasteiger partial charge in [-0.3, -0.25) is 4.68 Å². The highest BCUT2D eigenvalue weighted by molar-refractivity contribution is 6.31. The summed E-state index contributed by atoms with van der Waals surface area (Å²) < 4.78 is 28.1. The largest absolute Gasteiger partial charge is 0.444 e. The third-order valence-corrected chi connectivity index (χ3v) is 7.95. The molecule has 1 aliphatic heterocycles. The van der Waals surface area contributed by atoms with Crippen molar-refractivity contribution >= 4 is 28.6 Å². The van der Waals surface area contributed by atoms with Crippen LogP contribution in [0.1, 0.15) is 70.6 Å². The van der Waals surface area contributed by atoms with Crippen LogP contribution in [0.15, 0.2) is 42.6 Å². The Bertz CT molecular complexity index is 1290. The van der Waals surface area contributed by atoms with Crippen LogP contribution in [0.5, 0.6) is 0 Å². The second-order valence-electron chi connectivity index (χ2n) is 11.9. The number of halogens is 2. The molecular formula is C30H37ClFN3O3. The number of carbonyl (C=O) groups is 1. The lowest BCUT2D eigenvalue weighted by Crippen LogP contribution is -2.48. The van der Waals surface area contributed by atoms with E-state index in [0.29, 0.717) is 43.5 Å². The number of hydrogen-bond acceptors (Lipinski definition) is 4. The summed E-state index contributed by atoms with van der Waals surface area (Å²) in [6, 6.07) is 10.6. The summed E-state index contributed by atoms with van der Waals surface area (Å²) in [7, 11) is 0. The second kappa shape index (κ2) is 10.5. The van der Waals surface area contributed by atoms with Crippen LogP contribution in [-0.4, -0.2) is 46.1 Å². The van der Waals surface area contributed by atoms with Crippen LogP contribution in [-0.2, 0) is 21.4 Å². The molecule has 2 aromatic carbocycles. The number of hydrogen-bond donors (Lipinski definition) is 0. The van der Waals surface area contributed by atoms with Gasteiger partial charge in [0.25, 0.3) is 0 Å². The van der Waals surface area contributed by atoms with Gasteiger partial charge in [0.05, 0.1) is 24.4 Å². The van der Waals surface area contributed by atoms with E-state index in [-0.39, 0.29) is 23.4 Å². The molecule has 6 nitrogen and oxygen atoms in total. The van der Waals surface area contributed by atoms with E-state index in [9.17, 15) is 9.18 Å². The topological polar surface area (TPSA) is 56.6 Å². The SMILES string of the molecule is CC(OCC1(c2ccc(F)cc2)CCN(C(=O)OC(C)(C)C)CC1)c1cc(Cl)cc2cnn(CC3CC3)c12. The average Bonchev–Trinajstić information content (AvgIpc) is 3.60. The van der Waals surface area contributed by atoms with Crippen LogP contribution in [0, 0.1) is 11.7 Å². The zero-order valence-corrected chi connectivity index (χ0v) is 23.4. The summed E-state index contributed by atoms with van der Waals surface area (Å²) in [6.45, 7) is 10.1. The van der Waals surface area contributed by atoms with Gasteiger partial charge < -0.3 is 14.4 Å². The molecule has 1 aromatic heterocycles. The Morgan fingerprint density at radius 2 is 1.87 bits per heavy atom. The van der Waals surface area contributed by atoms with Gasteiger partial charge in [0.15, 0.2) is 0 Å². The van der Waals surface area contributed by atoms with Crippen LogP contribution >= 0.6 is 11.6 Å². The average molecular weight is 542 g/mol. The van der Waals surface area contributed by atoms with E-state index in [1.807, 2.05) is 58.2 Å². The van der Waals surface area contributed by atoms with Gasteiger partial charge in [0.1, 0.15) is 11.4 Å². The lowest BCUT2D eigenvalue weighted by Gasteiger charge is -2.42. The smallest absolute Gasteiger partial charge is 0.410 e. The molecule has 1 aliphatic carbocycles. The first-order valence-electron chi connectivity index (χ1n) is 13.5. The van der Waals surface area contributed by atoms with E-state index in [2.05, 4.69) is 9.78 Å². The van der Waals surface area contributed by atoms with Crippen molar-refractivity contribution in [1.82, 2.24) is 14.7 Å². The molecule has 2 heterocycles. The summed E-state index contributed by atoms with van der Waals surface area (Å²) >= 11 is 6.50. The zero-order valence-electron chi connectivity index (χ0n) is 22.7. The molecule has 1 unspecified atom stereocenters. The maximum Gasteiger partial charge on any atom is 0.410 e. The second-order valence-corrected chi connectivity index (χ2v) is 12.3. The molecule has 204 valence electrons. The molecule has 2 fully saturated rings. The van der Waals surface area contributed by atoms with Crippen molar-refractivity contribution < 1.29 is 18.7 Å². The van der Waals surface area contributed by atoms with Crippen LogP contribution in [0.3, 0.4) is 0 Å². The van der Waals surface area contributed by atoms with Crippen molar-refractivity contribution in [1.29, 1.82) is 0 Å². The number of piperidine rings is 1. The first-order valence-corrected chi connectivity index (χ1v) is 13.9. The minimum Gasteiger partial charge on any atom is -0.444 e. The Hall–Kier alpha value is -2.64. The number of carbonyl (C=O) groups excluding carboxylic acids is 1. The van der Waals surface area contributed by atoms with E-state index in [4.69, 9.17) is 21.1 Å². The van der Waals surface area contributed by atoms with Crippen LogP contribution < -0.4 is 0 Å². The zero-order chi connectivity index (χ0) is 27.1. The van der Waals surface area contributed by atoms with Crippen LogP contribution in [0.4, 0.5) is 9.18 Å². The van der Waals surface area contributed by atoms with E-state index in [1.165, 1.54) is 25.0 Å². The van der Waals surface area contributed by atoms with Gasteiger partial charge in [0.2, 0.25) is 0 Å². The molecular weight excluding hydrogens is 505 g/mol. The summed E-state index contributed by atoms with van der Waals surface area (Å²) in [6.07, 6.45) is 5.22. The highest BCUT2D eigenvalue weighted by Crippen LogP contribution is 2.39. The highest BCUT2D eigenvalue weighted by atomic mass is 35.5. The molecule has 8 heteroatoms. The molecule has 1 saturated heterocycles. The van der Waals surface area contributed by atoms with E-state index in [0.717, 1.165) is 28.6 Å². The number of fused-ring (bicyclic) bond motifs is 1. The Morgan fingerprint density at radius 1 is 1.18 bits per heavy atom. The Morgan fingerprint density at radius 3 is 2.50 bits per heavy atom. The fourth-order valence-electron chi connectivity index (χ4n) is 5.36. The van der Waals surface area contributed by atoms with Gasteiger partial charge in [-0.25, -0.2) is 9.18 Å². The minimum atomic E-state index is -0.546. The van der Waals surface area contributed by atoms with Crippen molar-refractivity contribution in [2.75, 3.05) is 19.7 Å². The fraction of sp³-hybridized carbons (Fsp3) is 0.533. The standard InChI is InChI=1S/C30H37ClFN3O3/c1-20(26-16-24(31)15-22-17-33-35(27(22)26)18-21-5-6-21)37-19-30(23-7-9-25(32)10-8-23)11-13-34(14-12-30)28(36)38-29(2,3)4/h7-10,15-17,20-21H,5-6,11-14,18-19H2,1-4H3. The summed E-state index contributed by atoms with van der Waals surface area (Å²) in [4.78, 5) is 14.5. The first-order chi connectivity index (χ1) is 18.0. The van der Waals surface area contributed by atoms with Gasteiger partial charge >= 0.3 is 6.09 Å². The van der Waals surface area contributed by atoms with Gasteiger partial charge in [-0.2, -0.15) is 5.10 Å². The molecule has 1 saturated carbocycles. The number of likely N-dealkylation sites (tertiary alicyclic amines) is 1. The molecule has 0 radical (unpaired) electrons. The van der Waals surface area contributed by atoms with Crippen LogP contribution in [0.25, 0.3) is 10.9 Å². The van der Waals surface area contributed by atoms with Gasteiger partial charge in [-0.1, -0.05) is 23.7 Å². The molecule has 2 aliphatic rings. The van der Waals surface area contributed by atoms with Gasteiger partial charge in [-0.15, -0.1) is 0 Å². The molecule has 3 aromatic rings. The lowest BCUT2D eigenvalue weighted by molar-refractivity contribution is -0.00937. The van der Waals surface area contributed by atoms with E-state index >= 15 is 0 Å². The maximum atomic E-state index is 13.8. The number of aromatic nitrogens is 2. The highest BCUT2D eigenvalue weighted by Gasteiger charge is 2.39. The third-order valence-electron chi connectivity index (χ3n) is 7.73. The summed E-state index contributed by atoms with van der Waals surface area (Å²) in [5.74, 6) is 0.421. The monoisotopic (exact) mass is 541 g/mol. The summed E-state index contributed by atoms with van der Waals surface area (Å²) in [5, 5.41) is 6.32. The summed E-state index contributed by atoms with van der Waals surface area (Å²) in [5.41, 5.74) is 2.21. The number of benzene rings is 2. The van der Waals surface area contributed by atoms with Crippen LogP contribution in [0.2, 0.25) is 5.02 Å². The van der Waals surface area contributed by atoms with Gasteiger partial charge in [-0.05, 0) is 89.1 Å². The Labute approximate surface area is 229 Å². The quantitative estimate of drug-likeness (QED) is 0.315. The van der Waals surface area contributed by atoms with Crippen molar-refractivity contribution in [3.8, 4) is 0 Å².